The number of guanidine groups is 1. The summed E-state index contributed by atoms with van der Waals surface area (Å²) in [5, 5.41) is 6.51. The van der Waals surface area contributed by atoms with E-state index in [-0.39, 0.29) is 30.1 Å². The number of carbonyl (C=O) groups excluding carboxylic acids is 1. The summed E-state index contributed by atoms with van der Waals surface area (Å²) < 4.78 is 5.48. The lowest BCUT2D eigenvalue weighted by Crippen LogP contribution is -2.45. The van der Waals surface area contributed by atoms with Crippen LogP contribution in [0.4, 0.5) is 4.79 Å². The highest BCUT2D eigenvalue weighted by molar-refractivity contribution is 14.0. The Morgan fingerprint density at radius 1 is 1.26 bits per heavy atom. The van der Waals surface area contributed by atoms with E-state index in [9.17, 15) is 4.79 Å². The van der Waals surface area contributed by atoms with Gasteiger partial charge in [-0.15, -0.1) is 24.0 Å². The predicted octanol–water partition coefficient (Wildman–Crippen LogP) is 2.97. The van der Waals surface area contributed by atoms with Gasteiger partial charge >= 0.3 is 6.09 Å². The lowest BCUT2D eigenvalue weighted by atomic mass is 10.2. The predicted molar refractivity (Wildman–Crippen MR) is 106 cm³/mol. The van der Waals surface area contributed by atoms with Crippen LogP contribution in [0.1, 0.15) is 53.4 Å². The summed E-state index contributed by atoms with van der Waals surface area (Å²) >= 11 is 0. The number of halogens is 1. The minimum absolute atomic E-state index is 0. The van der Waals surface area contributed by atoms with Gasteiger partial charge in [0.25, 0.3) is 0 Å². The monoisotopic (exact) mass is 440 g/mol. The first-order valence-corrected chi connectivity index (χ1v) is 8.31. The van der Waals surface area contributed by atoms with E-state index in [2.05, 4.69) is 22.5 Å². The van der Waals surface area contributed by atoms with Crippen LogP contribution in [-0.4, -0.2) is 55.3 Å². The van der Waals surface area contributed by atoms with E-state index in [4.69, 9.17) is 4.74 Å². The normalized spacial score (nSPS) is 14.7. The number of nitrogens with one attached hydrogen (secondary N) is 2. The maximum atomic E-state index is 12.2. The molecule has 1 aliphatic rings. The molecular formula is C16H33IN4O2. The highest BCUT2D eigenvalue weighted by Gasteiger charge is 2.34. The Balaban J connectivity index is 0.00000484. The van der Waals surface area contributed by atoms with Crippen LogP contribution in [0.5, 0.6) is 0 Å². The molecule has 0 aromatic rings. The van der Waals surface area contributed by atoms with Crippen molar-refractivity contribution in [3.63, 3.8) is 0 Å². The third-order valence-electron chi connectivity index (χ3n) is 3.31. The first-order valence-electron chi connectivity index (χ1n) is 8.31. The molecule has 0 spiro atoms. The van der Waals surface area contributed by atoms with E-state index in [0.29, 0.717) is 19.1 Å². The molecule has 0 radical (unpaired) electrons. The molecule has 0 heterocycles. The van der Waals surface area contributed by atoms with Crippen LogP contribution >= 0.6 is 24.0 Å². The van der Waals surface area contributed by atoms with Crippen molar-refractivity contribution in [2.24, 2.45) is 4.99 Å². The molecule has 1 saturated carbocycles. The summed E-state index contributed by atoms with van der Waals surface area (Å²) in [4.78, 5) is 18.2. The first kappa shape index (κ1) is 22.3. The van der Waals surface area contributed by atoms with Crippen LogP contribution < -0.4 is 10.6 Å². The molecule has 1 amide bonds. The van der Waals surface area contributed by atoms with E-state index in [1.807, 2.05) is 25.7 Å². The number of nitrogens with zero attached hydrogens (tertiary/aromatic N) is 2. The Bertz CT molecular complexity index is 379. The van der Waals surface area contributed by atoms with Gasteiger partial charge in [0, 0.05) is 32.7 Å². The van der Waals surface area contributed by atoms with E-state index in [0.717, 1.165) is 38.2 Å². The number of rotatable bonds is 7. The molecule has 0 atom stereocenters. The van der Waals surface area contributed by atoms with Crippen LogP contribution in [0.3, 0.4) is 0 Å². The van der Waals surface area contributed by atoms with Gasteiger partial charge in [0.1, 0.15) is 5.60 Å². The zero-order valence-corrected chi connectivity index (χ0v) is 17.5. The maximum absolute atomic E-state index is 12.2. The minimum Gasteiger partial charge on any atom is -0.444 e. The molecule has 0 unspecified atom stereocenters. The van der Waals surface area contributed by atoms with Crippen molar-refractivity contribution >= 4 is 36.0 Å². The molecule has 0 aliphatic heterocycles. The summed E-state index contributed by atoms with van der Waals surface area (Å²) in [5.74, 6) is 0.786. The Kier molecular flexibility index (Phi) is 10.6. The fraction of sp³-hybridized carbons (Fsp3) is 0.875. The Labute approximate surface area is 157 Å². The Morgan fingerprint density at radius 3 is 2.35 bits per heavy atom. The third-order valence-corrected chi connectivity index (χ3v) is 3.31. The summed E-state index contributed by atoms with van der Waals surface area (Å²) in [5.41, 5.74) is -0.449. The van der Waals surface area contributed by atoms with Gasteiger partial charge in [0.05, 0.1) is 0 Å². The SMILES string of the molecule is CCCCNC(=NC)NCCN(C(=O)OC(C)(C)C)C1CC1.I. The zero-order valence-electron chi connectivity index (χ0n) is 15.1. The second kappa shape index (κ2) is 10.9. The van der Waals surface area contributed by atoms with Gasteiger partial charge in [0.2, 0.25) is 0 Å². The molecule has 23 heavy (non-hydrogen) atoms. The van der Waals surface area contributed by atoms with Crippen LogP contribution in [-0.2, 0) is 4.74 Å². The topological polar surface area (TPSA) is 66.0 Å². The van der Waals surface area contributed by atoms with Crippen molar-refractivity contribution in [2.75, 3.05) is 26.7 Å². The van der Waals surface area contributed by atoms with Crippen molar-refractivity contribution in [1.29, 1.82) is 0 Å². The van der Waals surface area contributed by atoms with Crippen LogP contribution in [0.25, 0.3) is 0 Å². The fourth-order valence-corrected chi connectivity index (χ4v) is 2.03. The summed E-state index contributed by atoms with van der Waals surface area (Å²) in [7, 11) is 1.76. The molecule has 0 saturated heterocycles. The first-order chi connectivity index (χ1) is 10.4. The average Bonchev–Trinajstić information content (AvgIpc) is 3.24. The van der Waals surface area contributed by atoms with Crippen LogP contribution in [0.2, 0.25) is 0 Å². The van der Waals surface area contributed by atoms with Crippen molar-refractivity contribution in [2.45, 2.75) is 65.0 Å². The van der Waals surface area contributed by atoms with Crippen LogP contribution in [0, 0.1) is 0 Å². The lowest BCUT2D eigenvalue weighted by Gasteiger charge is -2.27. The van der Waals surface area contributed by atoms with Crippen molar-refractivity contribution in [3.05, 3.63) is 0 Å². The molecule has 0 bridgehead atoms. The molecule has 0 aromatic carbocycles. The molecule has 136 valence electrons. The smallest absolute Gasteiger partial charge is 0.410 e. The van der Waals surface area contributed by atoms with Crippen molar-refractivity contribution in [1.82, 2.24) is 15.5 Å². The number of ether oxygens (including phenoxy) is 1. The molecular weight excluding hydrogens is 407 g/mol. The summed E-state index contributed by atoms with van der Waals surface area (Å²) in [6, 6.07) is 0.340. The molecule has 1 aliphatic carbocycles. The molecule has 6 nitrogen and oxygen atoms in total. The van der Waals surface area contributed by atoms with Gasteiger partial charge in [-0.2, -0.15) is 0 Å². The van der Waals surface area contributed by atoms with Gasteiger partial charge in [-0.1, -0.05) is 13.3 Å². The van der Waals surface area contributed by atoms with E-state index >= 15 is 0 Å². The summed E-state index contributed by atoms with van der Waals surface area (Å²) in [6.07, 6.45) is 4.20. The number of hydrogen-bond donors (Lipinski definition) is 2. The lowest BCUT2D eigenvalue weighted by molar-refractivity contribution is 0.0238. The number of amides is 1. The highest BCUT2D eigenvalue weighted by Crippen LogP contribution is 2.27. The maximum Gasteiger partial charge on any atom is 0.410 e. The number of unbranched alkanes of at least 4 members (excludes halogenated alkanes) is 1. The van der Waals surface area contributed by atoms with Crippen LogP contribution in [0.15, 0.2) is 4.99 Å². The molecule has 1 rings (SSSR count). The average molecular weight is 440 g/mol. The van der Waals surface area contributed by atoms with Gasteiger partial charge in [-0.25, -0.2) is 4.79 Å². The Hall–Kier alpha value is -0.730. The van der Waals surface area contributed by atoms with E-state index in [1.165, 1.54) is 0 Å². The molecule has 0 aromatic heterocycles. The fourth-order valence-electron chi connectivity index (χ4n) is 2.03. The zero-order chi connectivity index (χ0) is 16.6. The quantitative estimate of drug-likeness (QED) is 0.277. The number of aliphatic imine (C=N–C) groups is 1. The highest BCUT2D eigenvalue weighted by atomic mass is 127. The number of carbonyl (C=O) groups is 1. The van der Waals surface area contributed by atoms with Crippen molar-refractivity contribution < 1.29 is 9.53 Å². The van der Waals surface area contributed by atoms with Crippen molar-refractivity contribution in [3.8, 4) is 0 Å². The third kappa shape index (κ3) is 9.88. The van der Waals surface area contributed by atoms with E-state index < -0.39 is 5.60 Å². The summed E-state index contributed by atoms with van der Waals surface area (Å²) in [6.45, 7) is 10.1. The van der Waals surface area contributed by atoms with Gasteiger partial charge in [0.15, 0.2) is 5.96 Å². The number of hydrogen-bond acceptors (Lipinski definition) is 3. The molecule has 1 fully saturated rings. The second-order valence-electron chi connectivity index (χ2n) is 6.68. The largest absolute Gasteiger partial charge is 0.444 e. The van der Waals surface area contributed by atoms with Gasteiger partial charge in [-0.3, -0.25) is 4.99 Å². The molecule has 2 N–H and O–H groups in total. The Morgan fingerprint density at radius 2 is 1.87 bits per heavy atom. The minimum atomic E-state index is -0.449. The second-order valence-corrected chi connectivity index (χ2v) is 6.68. The van der Waals surface area contributed by atoms with E-state index in [1.54, 1.807) is 7.05 Å². The van der Waals surface area contributed by atoms with Gasteiger partial charge in [-0.05, 0) is 40.0 Å². The molecule has 7 heteroatoms. The van der Waals surface area contributed by atoms with Gasteiger partial charge < -0.3 is 20.3 Å². The standard InChI is InChI=1S/C16H32N4O2.HI/c1-6-7-10-18-14(17-5)19-11-12-20(13-8-9-13)15(21)22-16(2,3)4;/h13H,6-12H2,1-5H3,(H2,17,18,19);1H.